The van der Waals surface area contributed by atoms with E-state index in [1.807, 2.05) is 13.8 Å². The number of nitrogens with one attached hydrogen (secondary N) is 1. The van der Waals surface area contributed by atoms with Crippen molar-refractivity contribution in [3.63, 3.8) is 0 Å². The predicted molar refractivity (Wildman–Crippen MR) is 89.0 cm³/mol. The van der Waals surface area contributed by atoms with E-state index in [1.54, 1.807) is 34.9 Å². The molecule has 1 N–H and O–H groups in total. The second kappa shape index (κ2) is 7.46. The molecule has 0 aromatic carbocycles. The van der Waals surface area contributed by atoms with Crippen molar-refractivity contribution in [3.8, 4) is 0 Å². The first kappa shape index (κ1) is 18.0. The summed E-state index contributed by atoms with van der Waals surface area (Å²) in [4.78, 5) is 0.231. The van der Waals surface area contributed by atoms with Crippen LogP contribution in [0.5, 0.6) is 0 Å². The number of aryl methyl sites for hydroxylation is 2. The number of aromatic nitrogens is 4. The highest BCUT2D eigenvalue weighted by Crippen LogP contribution is 2.18. The minimum atomic E-state index is -3.55. The average molecular weight is 360 g/mol. The van der Waals surface area contributed by atoms with Crippen LogP contribution in [0, 0.1) is 6.92 Å². The first-order valence-corrected chi connectivity index (χ1v) is 9.46. The average Bonchev–Trinajstić information content (AvgIpc) is 3.09. The molecular formula is C14H22ClN5O2S. The first-order valence-electron chi connectivity index (χ1n) is 7.60. The van der Waals surface area contributed by atoms with Crippen LogP contribution in [0.2, 0.25) is 5.02 Å². The number of halogens is 1. The summed E-state index contributed by atoms with van der Waals surface area (Å²) in [6, 6.07) is 0.102. The molecule has 0 spiro atoms. The molecule has 2 aromatic heterocycles. The Bertz CT molecular complexity index is 753. The Morgan fingerprint density at radius 3 is 2.61 bits per heavy atom. The topological polar surface area (TPSA) is 81.8 Å². The van der Waals surface area contributed by atoms with Gasteiger partial charge in [0.2, 0.25) is 10.0 Å². The van der Waals surface area contributed by atoms with E-state index in [9.17, 15) is 8.42 Å². The fourth-order valence-electron chi connectivity index (χ4n) is 2.40. The van der Waals surface area contributed by atoms with Crippen molar-refractivity contribution >= 4 is 21.6 Å². The lowest BCUT2D eigenvalue weighted by molar-refractivity contribution is 0.412. The summed E-state index contributed by atoms with van der Waals surface area (Å²) in [5, 5.41) is 8.93. The van der Waals surface area contributed by atoms with Gasteiger partial charge in [-0.25, -0.2) is 13.1 Å². The minimum Gasteiger partial charge on any atom is -0.271 e. The minimum absolute atomic E-state index is 0.102. The van der Waals surface area contributed by atoms with Gasteiger partial charge in [-0.1, -0.05) is 18.5 Å². The fourth-order valence-corrected chi connectivity index (χ4v) is 3.78. The number of nitrogens with zero attached hydrogens (tertiary/aromatic N) is 4. The molecule has 2 rings (SSSR count). The maximum atomic E-state index is 12.4. The summed E-state index contributed by atoms with van der Waals surface area (Å²) in [5.41, 5.74) is 0.505. The summed E-state index contributed by atoms with van der Waals surface area (Å²) in [6.07, 6.45) is 6.36. The second-order valence-corrected chi connectivity index (χ2v) is 7.49. The van der Waals surface area contributed by atoms with Gasteiger partial charge in [0.1, 0.15) is 4.90 Å². The molecule has 0 aliphatic rings. The summed E-state index contributed by atoms with van der Waals surface area (Å²) < 4.78 is 30.8. The van der Waals surface area contributed by atoms with Crippen LogP contribution in [0.15, 0.2) is 23.5 Å². The highest BCUT2D eigenvalue weighted by atomic mass is 35.5. The van der Waals surface area contributed by atoms with Crippen LogP contribution >= 0.6 is 11.6 Å². The van der Waals surface area contributed by atoms with Gasteiger partial charge in [-0.2, -0.15) is 10.2 Å². The molecule has 0 bridgehead atoms. The zero-order valence-corrected chi connectivity index (χ0v) is 15.1. The van der Waals surface area contributed by atoms with Crippen LogP contribution < -0.4 is 4.72 Å². The third-order valence-electron chi connectivity index (χ3n) is 3.70. The van der Waals surface area contributed by atoms with Gasteiger partial charge in [0.05, 0.1) is 23.0 Å². The lowest BCUT2D eigenvalue weighted by atomic mass is 10.1. The van der Waals surface area contributed by atoms with Crippen molar-refractivity contribution in [3.05, 3.63) is 29.3 Å². The van der Waals surface area contributed by atoms with Crippen molar-refractivity contribution in [1.82, 2.24) is 24.3 Å². The van der Waals surface area contributed by atoms with Gasteiger partial charge in [0.25, 0.3) is 0 Å². The Balaban J connectivity index is 2.00. The van der Waals surface area contributed by atoms with Gasteiger partial charge < -0.3 is 0 Å². The molecule has 0 aliphatic carbocycles. The van der Waals surface area contributed by atoms with Gasteiger partial charge in [0, 0.05) is 25.5 Å². The Labute approximate surface area is 141 Å². The molecule has 9 heteroatoms. The van der Waals surface area contributed by atoms with Gasteiger partial charge in [-0.3, -0.25) is 9.36 Å². The van der Waals surface area contributed by atoms with Crippen LogP contribution in [0.25, 0.3) is 0 Å². The zero-order chi connectivity index (χ0) is 17.0. The molecule has 0 fully saturated rings. The third-order valence-corrected chi connectivity index (χ3v) is 5.46. The Hall–Kier alpha value is -1.38. The predicted octanol–water partition coefficient (Wildman–Crippen LogP) is 2.38. The van der Waals surface area contributed by atoms with Crippen LogP contribution in [0.3, 0.4) is 0 Å². The van der Waals surface area contributed by atoms with Crippen LogP contribution in [0.4, 0.5) is 0 Å². The molecular weight excluding hydrogens is 338 g/mol. The van der Waals surface area contributed by atoms with Gasteiger partial charge in [-0.15, -0.1) is 0 Å². The largest absolute Gasteiger partial charge is 0.271 e. The molecule has 0 saturated heterocycles. The Morgan fingerprint density at radius 1 is 1.35 bits per heavy atom. The molecule has 0 saturated carbocycles. The van der Waals surface area contributed by atoms with Gasteiger partial charge >= 0.3 is 0 Å². The highest BCUT2D eigenvalue weighted by Gasteiger charge is 2.20. The van der Waals surface area contributed by atoms with Crippen molar-refractivity contribution < 1.29 is 8.42 Å². The lowest BCUT2D eigenvalue weighted by Crippen LogP contribution is -2.27. The van der Waals surface area contributed by atoms with Crippen molar-refractivity contribution in [2.45, 2.75) is 51.1 Å². The molecule has 1 atom stereocenters. The summed E-state index contributed by atoms with van der Waals surface area (Å²) in [5.74, 6) is 0. The normalized spacial score (nSPS) is 13.4. The van der Waals surface area contributed by atoms with Crippen molar-refractivity contribution in [1.29, 1.82) is 0 Å². The highest BCUT2D eigenvalue weighted by molar-refractivity contribution is 7.89. The summed E-state index contributed by atoms with van der Waals surface area (Å²) in [6.45, 7) is 6.60. The molecule has 128 valence electrons. The number of rotatable bonds is 8. The maximum Gasteiger partial charge on any atom is 0.243 e. The molecule has 0 radical (unpaired) electrons. The summed E-state index contributed by atoms with van der Waals surface area (Å²) in [7, 11) is -3.55. The lowest BCUT2D eigenvalue weighted by Gasteiger charge is -2.15. The molecule has 2 heterocycles. The monoisotopic (exact) mass is 359 g/mol. The molecule has 2 aromatic rings. The van der Waals surface area contributed by atoms with Crippen molar-refractivity contribution in [2.24, 2.45) is 0 Å². The van der Waals surface area contributed by atoms with E-state index in [2.05, 4.69) is 14.9 Å². The molecule has 0 unspecified atom stereocenters. The van der Waals surface area contributed by atoms with E-state index >= 15 is 0 Å². The van der Waals surface area contributed by atoms with E-state index in [-0.39, 0.29) is 10.9 Å². The van der Waals surface area contributed by atoms with Crippen molar-refractivity contribution in [2.75, 3.05) is 6.54 Å². The third kappa shape index (κ3) is 4.33. The molecule has 0 aliphatic heterocycles. The SMILES string of the molecule is CC[C@@H](CCNS(=O)(=O)c1cn(CC)nc1C)n1cc(Cl)cn1. The van der Waals surface area contributed by atoms with Gasteiger partial charge in [-0.05, 0) is 26.7 Å². The Kier molecular flexibility index (Phi) is 5.83. The number of hydrogen-bond acceptors (Lipinski definition) is 4. The second-order valence-electron chi connectivity index (χ2n) is 5.32. The standard InChI is InChI=1S/C14H22ClN5O2S/c1-4-13(20-9-12(15)8-16-20)6-7-17-23(21,22)14-10-19(5-2)18-11(14)3/h8-10,13,17H,4-7H2,1-3H3/t13-/m0/s1. The number of sulfonamides is 1. The molecule has 7 nitrogen and oxygen atoms in total. The van der Waals surface area contributed by atoms with Gasteiger partial charge in [0.15, 0.2) is 0 Å². The van der Waals surface area contributed by atoms with E-state index < -0.39 is 10.0 Å². The van der Waals surface area contributed by atoms with Crippen LogP contribution in [0.1, 0.15) is 38.4 Å². The molecule has 23 heavy (non-hydrogen) atoms. The Morgan fingerprint density at radius 2 is 2.09 bits per heavy atom. The van der Waals surface area contributed by atoms with E-state index in [0.29, 0.717) is 30.2 Å². The number of hydrogen-bond donors (Lipinski definition) is 1. The van der Waals surface area contributed by atoms with E-state index in [0.717, 1.165) is 6.42 Å². The molecule has 0 amide bonds. The van der Waals surface area contributed by atoms with E-state index in [4.69, 9.17) is 11.6 Å². The summed E-state index contributed by atoms with van der Waals surface area (Å²) >= 11 is 5.88. The maximum absolute atomic E-state index is 12.4. The smallest absolute Gasteiger partial charge is 0.243 e. The zero-order valence-electron chi connectivity index (χ0n) is 13.5. The van der Waals surface area contributed by atoms with Crippen LogP contribution in [-0.4, -0.2) is 34.5 Å². The van der Waals surface area contributed by atoms with Crippen LogP contribution in [-0.2, 0) is 16.6 Å². The first-order chi connectivity index (χ1) is 10.9. The quantitative estimate of drug-likeness (QED) is 0.784. The van der Waals surface area contributed by atoms with E-state index in [1.165, 1.54) is 0 Å². The fraction of sp³-hybridized carbons (Fsp3) is 0.571.